The fourth-order valence-corrected chi connectivity index (χ4v) is 14.5. The normalized spacial score (nSPS) is 43.6. The summed E-state index contributed by atoms with van der Waals surface area (Å²) < 4.78 is 6.28. The van der Waals surface area contributed by atoms with Crippen molar-refractivity contribution in [2.24, 2.45) is 62.1 Å². The zero-order valence-electron chi connectivity index (χ0n) is 33.1. The molecule has 6 fully saturated rings. The number of hydrogen-bond donors (Lipinski definition) is 2. The summed E-state index contributed by atoms with van der Waals surface area (Å²) in [5, 5.41) is 12.7. The van der Waals surface area contributed by atoms with Crippen LogP contribution in [0.15, 0.2) is 12.2 Å². The lowest BCUT2D eigenvalue weighted by Gasteiger charge is -2.73. The van der Waals surface area contributed by atoms with Crippen LogP contribution in [0.2, 0.25) is 0 Å². The number of aliphatic carboxylic acids is 1. The first kappa shape index (κ1) is 37.9. The lowest BCUT2D eigenvalue weighted by molar-refractivity contribution is -0.250. The Kier molecular flexibility index (Phi) is 9.77. The van der Waals surface area contributed by atoms with Crippen LogP contribution < -0.4 is 5.32 Å². The predicted molar refractivity (Wildman–Crippen MR) is 198 cm³/mol. The van der Waals surface area contributed by atoms with Crippen molar-refractivity contribution in [3.63, 3.8) is 0 Å². The van der Waals surface area contributed by atoms with Gasteiger partial charge in [0.2, 0.25) is 5.91 Å². The largest absolute Gasteiger partial charge is 0.481 e. The standard InChI is InChI=1S/C43H70N2O5/c1-27(2)29-13-19-43(23-34(46)45-22-16-28(26-45)44-10)21-20-41(8)30(37(29)43)11-12-32-40(7)17-15-33(39(5,6)31(40)14-18-42(32,41)9)50-36(49)25-38(3,4)24-35(47)48/h28-33,37,44H,1,11-26H2,2-10H3,(H,47,48)/t28-,29+,30-,31+,32-,33+,37-,40+,41-,42-,43-/m1/s1. The van der Waals surface area contributed by atoms with Gasteiger partial charge < -0.3 is 20.1 Å². The van der Waals surface area contributed by atoms with Gasteiger partial charge in [-0.1, -0.05) is 60.6 Å². The number of esters is 1. The van der Waals surface area contributed by atoms with Gasteiger partial charge in [0.05, 0.1) is 12.8 Å². The molecule has 7 nitrogen and oxygen atoms in total. The molecule has 5 aliphatic carbocycles. The lowest BCUT2D eigenvalue weighted by atomic mass is 9.32. The highest BCUT2D eigenvalue weighted by Gasteiger charge is 2.71. The molecule has 50 heavy (non-hydrogen) atoms. The first-order chi connectivity index (χ1) is 23.2. The fourth-order valence-electron chi connectivity index (χ4n) is 14.5. The number of likely N-dealkylation sites (tertiary alicyclic amines) is 1. The molecule has 2 N–H and O–H groups in total. The number of fused-ring (bicyclic) bond motifs is 7. The second kappa shape index (κ2) is 12.9. The first-order valence-electron chi connectivity index (χ1n) is 20.2. The Morgan fingerprint density at radius 3 is 2.24 bits per heavy atom. The molecule has 1 heterocycles. The number of carbonyl (C=O) groups excluding carboxylic acids is 2. The van der Waals surface area contributed by atoms with Gasteiger partial charge in [0.25, 0.3) is 0 Å². The number of hydrogen-bond acceptors (Lipinski definition) is 5. The fraction of sp³-hybridized carbons (Fsp3) is 0.884. The SMILES string of the molecule is C=C(C)[C@@H]1CC[C@]2(CC(=O)N3CC[C@@H](NC)C3)CC[C@]3(C)[C@H](CC[C@@H]4[C@@]5(C)CC[C@H](OC(=O)CC(C)(C)CC(=O)O)C(C)(C)[C@@H]5CC[C@]43C)[C@@H]12. The molecule has 5 saturated carbocycles. The van der Waals surface area contributed by atoms with Gasteiger partial charge in [-0.15, -0.1) is 0 Å². The smallest absolute Gasteiger partial charge is 0.306 e. The maximum atomic E-state index is 14.0. The minimum Gasteiger partial charge on any atom is -0.481 e. The van der Waals surface area contributed by atoms with Crippen LogP contribution in [-0.2, 0) is 19.1 Å². The first-order valence-corrected chi connectivity index (χ1v) is 20.2. The Hall–Kier alpha value is -1.89. The molecule has 6 rings (SSSR count). The molecule has 282 valence electrons. The third-order valence-electron chi connectivity index (χ3n) is 17.2. The van der Waals surface area contributed by atoms with Gasteiger partial charge in [-0.05, 0) is 141 Å². The molecule has 0 unspecified atom stereocenters. The van der Waals surface area contributed by atoms with Crippen LogP contribution in [0.5, 0.6) is 0 Å². The quantitative estimate of drug-likeness (QED) is 0.185. The Morgan fingerprint density at radius 2 is 1.60 bits per heavy atom. The molecule has 0 aromatic carbocycles. The number of carboxylic acid groups (broad SMARTS) is 1. The topological polar surface area (TPSA) is 95.9 Å². The molecule has 6 aliphatic rings. The third kappa shape index (κ3) is 5.99. The Labute approximate surface area is 303 Å². The summed E-state index contributed by atoms with van der Waals surface area (Å²) in [5.41, 5.74) is 1.24. The summed E-state index contributed by atoms with van der Waals surface area (Å²) in [5.74, 6) is 1.97. The van der Waals surface area contributed by atoms with Gasteiger partial charge in [0.15, 0.2) is 0 Å². The Bertz CT molecular complexity index is 1370. The molecule has 0 aromatic rings. The van der Waals surface area contributed by atoms with E-state index in [2.05, 4.69) is 58.3 Å². The van der Waals surface area contributed by atoms with E-state index in [0.29, 0.717) is 48.0 Å². The van der Waals surface area contributed by atoms with Gasteiger partial charge in [0.1, 0.15) is 6.10 Å². The van der Waals surface area contributed by atoms with Crippen molar-refractivity contribution < 1.29 is 24.2 Å². The zero-order chi connectivity index (χ0) is 36.7. The van der Waals surface area contributed by atoms with Gasteiger partial charge in [-0.2, -0.15) is 0 Å². The molecule has 0 spiro atoms. The van der Waals surface area contributed by atoms with E-state index in [4.69, 9.17) is 4.74 Å². The molecular formula is C43H70N2O5. The average molecular weight is 695 g/mol. The average Bonchev–Trinajstić information content (AvgIpc) is 3.64. The third-order valence-corrected chi connectivity index (χ3v) is 17.2. The predicted octanol–water partition coefficient (Wildman–Crippen LogP) is 8.66. The molecule has 7 heteroatoms. The van der Waals surface area contributed by atoms with Crippen molar-refractivity contribution in [1.29, 1.82) is 0 Å². The minimum atomic E-state index is -0.879. The van der Waals surface area contributed by atoms with Crippen LogP contribution in [0.3, 0.4) is 0 Å². The molecular weight excluding hydrogens is 624 g/mol. The number of likely N-dealkylation sites (N-methyl/N-ethyl adjacent to an activating group) is 1. The molecule has 1 saturated heterocycles. The van der Waals surface area contributed by atoms with Crippen LogP contribution >= 0.6 is 0 Å². The van der Waals surface area contributed by atoms with Crippen molar-refractivity contribution in [1.82, 2.24) is 10.2 Å². The van der Waals surface area contributed by atoms with Gasteiger partial charge in [-0.25, -0.2) is 0 Å². The van der Waals surface area contributed by atoms with Crippen molar-refractivity contribution in [2.45, 2.75) is 157 Å². The number of nitrogens with one attached hydrogen (secondary N) is 1. The maximum Gasteiger partial charge on any atom is 0.306 e. The van der Waals surface area contributed by atoms with Crippen molar-refractivity contribution in [3.05, 3.63) is 12.2 Å². The summed E-state index contributed by atoms with van der Waals surface area (Å²) in [4.78, 5) is 40.8. The van der Waals surface area contributed by atoms with E-state index in [0.717, 1.165) is 45.2 Å². The van der Waals surface area contributed by atoms with Crippen LogP contribution in [-0.4, -0.2) is 60.1 Å². The highest BCUT2D eigenvalue weighted by molar-refractivity contribution is 5.77. The maximum absolute atomic E-state index is 14.0. The van der Waals surface area contributed by atoms with E-state index in [1.54, 1.807) is 0 Å². The highest BCUT2D eigenvalue weighted by Crippen LogP contribution is 2.78. The molecule has 0 bridgehead atoms. The second-order valence-corrected chi connectivity index (χ2v) is 20.6. The van der Waals surface area contributed by atoms with Crippen molar-refractivity contribution in [2.75, 3.05) is 20.1 Å². The monoisotopic (exact) mass is 695 g/mol. The number of allylic oxidation sites excluding steroid dienone is 1. The number of rotatable bonds is 9. The number of nitrogens with zero attached hydrogens (tertiary/aromatic N) is 1. The summed E-state index contributed by atoms with van der Waals surface area (Å²) in [7, 11) is 2.02. The summed E-state index contributed by atoms with van der Waals surface area (Å²) in [6.45, 7) is 24.8. The molecule has 11 atom stereocenters. The van der Waals surface area contributed by atoms with E-state index in [1.807, 2.05) is 20.9 Å². The number of ether oxygens (including phenoxy) is 1. The van der Waals surface area contributed by atoms with E-state index < -0.39 is 11.4 Å². The lowest BCUT2D eigenvalue weighted by Crippen LogP contribution is -2.67. The second-order valence-electron chi connectivity index (χ2n) is 20.6. The van der Waals surface area contributed by atoms with Crippen LogP contribution in [0.25, 0.3) is 0 Å². The summed E-state index contributed by atoms with van der Waals surface area (Å²) in [6.07, 6.45) is 13.2. The molecule has 0 aromatic heterocycles. The molecule has 1 amide bonds. The van der Waals surface area contributed by atoms with Crippen LogP contribution in [0.4, 0.5) is 0 Å². The van der Waals surface area contributed by atoms with E-state index in [1.165, 1.54) is 44.1 Å². The summed E-state index contributed by atoms with van der Waals surface area (Å²) >= 11 is 0. The summed E-state index contributed by atoms with van der Waals surface area (Å²) in [6, 6.07) is 0.420. The van der Waals surface area contributed by atoms with Gasteiger partial charge in [-0.3, -0.25) is 14.4 Å². The molecule has 0 radical (unpaired) electrons. The van der Waals surface area contributed by atoms with Crippen LogP contribution in [0, 0.1) is 62.1 Å². The zero-order valence-corrected chi connectivity index (χ0v) is 33.1. The highest BCUT2D eigenvalue weighted by atomic mass is 16.5. The van der Waals surface area contributed by atoms with Crippen LogP contribution in [0.1, 0.15) is 145 Å². The Morgan fingerprint density at radius 1 is 0.880 bits per heavy atom. The molecule has 1 aliphatic heterocycles. The Balaban J connectivity index is 1.23. The minimum absolute atomic E-state index is 0.0438. The number of carbonyl (C=O) groups is 3. The van der Waals surface area contributed by atoms with Crippen molar-refractivity contribution >= 4 is 17.8 Å². The number of amides is 1. The van der Waals surface area contributed by atoms with E-state index in [9.17, 15) is 19.5 Å². The van der Waals surface area contributed by atoms with E-state index in [-0.39, 0.29) is 52.0 Å². The van der Waals surface area contributed by atoms with Gasteiger partial charge >= 0.3 is 11.9 Å². The van der Waals surface area contributed by atoms with Gasteiger partial charge in [0, 0.05) is 31.0 Å². The van der Waals surface area contributed by atoms with Crippen molar-refractivity contribution in [3.8, 4) is 0 Å². The number of carboxylic acids is 1. The van der Waals surface area contributed by atoms with E-state index >= 15 is 0 Å².